The molecule has 0 aliphatic carbocycles. The lowest BCUT2D eigenvalue weighted by molar-refractivity contribution is 0.584. The van der Waals surface area contributed by atoms with Crippen molar-refractivity contribution in [2.75, 3.05) is 42.3 Å². The van der Waals surface area contributed by atoms with Crippen LogP contribution in [0.4, 0.5) is 11.6 Å². The predicted octanol–water partition coefficient (Wildman–Crippen LogP) is 1.37. The van der Waals surface area contributed by atoms with Gasteiger partial charge in [-0.1, -0.05) is 25.6 Å². The summed E-state index contributed by atoms with van der Waals surface area (Å²) in [6.07, 6.45) is 2.90. The zero-order chi connectivity index (χ0) is 15.7. The van der Waals surface area contributed by atoms with E-state index in [1.54, 1.807) is 13.0 Å². The molecule has 3 N–H and O–H groups in total. The van der Waals surface area contributed by atoms with Crippen LogP contribution in [0.15, 0.2) is 11.2 Å². The third-order valence-electron chi connectivity index (χ3n) is 2.49. The molecule has 0 aliphatic rings. The van der Waals surface area contributed by atoms with Crippen LogP contribution in [0.1, 0.15) is 20.3 Å². The summed E-state index contributed by atoms with van der Waals surface area (Å²) in [6.45, 7) is 5.37. The number of aromatic nitrogens is 2. The van der Waals surface area contributed by atoms with E-state index >= 15 is 0 Å². The van der Waals surface area contributed by atoms with Crippen LogP contribution in [0.25, 0.3) is 0 Å². The maximum absolute atomic E-state index is 11.6. The highest BCUT2D eigenvalue weighted by molar-refractivity contribution is 7.98. The molecule has 0 amide bonds. The number of hydrogen-bond acceptors (Lipinski definition) is 7. The molecule has 9 heteroatoms. The minimum Gasteiger partial charge on any atom is -0.370 e. The van der Waals surface area contributed by atoms with Crippen LogP contribution in [0.2, 0.25) is 0 Å². The lowest BCUT2D eigenvalue weighted by atomic mass is 10.4. The summed E-state index contributed by atoms with van der Waals surface area (Å²) in [4.78, 5) is 8.66. The molecule has 0 saturated carbocycles. The highest BCUT2D eigenvalue weighted by atomic mass is 32.2. The van der Waals surface area contributed by atoms with Crippen LogP contribution in [0.3, 0.4) is 0 Å². The van der Waals surface area contributed by atoms with E-state index in [1.165, 1.54) is 11.8 Å². The van der Waals surface area contributed by atoms with Gasteiger partial charge in [-0.2, -0.15) is 0 Å². The van der Waals surface area contributed by atoms with Crippen LogP contribution >= 0.6 is 11.8 Å². The lowest BCUT2D eigenvalue weighted by Crippen LogP contribution is -2.29. The molecule has 0 unspecified atom stereocenters. The van der Waals surface area contributed by atoms with E-state index in [0.29, 0.717) is 24.1 Å². The van der Waals surface area contributed by atoms with E-state index < -0.39 is 10.0 Å². The van der Waals surface area contributed by atoms with Crippen molar-refractivity contribution in [1.82, 2.24) is 14.7 Å². The van der Waals surface area contributed by atoms with Crippen molar-refractivity contribution in [3.63, 3.8) is 0 Å². The number of nitrogens with one attached hydrogen (secondary N) is 3. The third-order valence-corrected chi connectivity index (χ3v) is 4.50. The van der Waals surface area contributed by atoms with Crippen molar-refractivity contribution in [2.45, 2.75) is 25.4 Å². The summed E-state index contributed by atoms with van der Waals surface area (Å²) in [6, 6.07) is 1.79. The average Bonchev–Trinajstić information content (AvgIpc) is 2.44. The molecule has 1 aromatic heterocycles. The fraction of sp³-hybridized carbons (Fsp3) is 0.667. The van der Waals surface area contributed by atoms with Crippen molar-refractivity contribution in [3.8, 4) is 0 Å². The Morgan fingerprint density at radius 1 is 1.14 bits per heavy atom. The van der Waals surface area contributed by atoms with Crippen LogP contribution in [-0.4, -0.2) is 50.0 Å². The Bertz CT molecular complexity index is 536. The Balaban J connectivity index is 2.65. The Morgan fingerprint density at radius 3 is 2.29 bits per heavy atom. The lowest BCUT2D eigenvalue weighted by Gasteiger charge is -2.10. The number of anilines is 2. The summed E-state index contributed by atoms with van der Waals surface area (Å²) in [5, 5.41) is 6.87. The summed E-state index contributed by atoms with van der Waals surface area (Å²) in [5.74, 6) is 1.38. The van der Waals surface area contributed by atoms with Gasteiger partial charge >= 0.3 is 0 Å². The number of rotatable bonds is 10. The first-order valence-corrected chi connectivity index (χ1v) is 9.76. The van der Waals surface area contributed by atoms with Crippen LogP contribution in [0.5, 0.6) is 0 Å². The fourth-order valence-corrected chi connectivity index (χ4v) is 2.89. The molecular formula is C12H23N5O2S2. The second-order valence-corrected chi connectivity index (χ2v) is 7.00. The first-order chi connectivity index (χ1) is 10.0. The molecule has 21 heavy (non-hydrogen) atoms. The van der Waals surface area contributed by atoms with E-state index in [4.69, 9.17) is 0 Å². The van der Waals surface area contributed by atoms with E-state index in [-0.39, 0.29) is 5.75 Å². The van der Waals surface area contributed by atoms with Gasteiger partial charge in [-0.05, 0) is 12.7 Å². The van der Waals surface area contributed by atoms with Gasteiger partial charge in [0.25, 0.3) is 0 Å². The number of sulfonamides is 1. The zero-order valence-corrected chi connectivity index (χ0v) is 14.3. The molecule has 7 nitrogen and oxygen atoms in total. The summed E-state index contributed by atoms with van der Waals surface area (Å²) < 4.78 is 25.6. The molecule has 1 rings (SSSR count). The predicted molar refractivity (Wildman–Crippen MR) is 88.5 cm³/mol. The average molecular weight is 333 g/mol. The van der Waals surface area contributed by atoms with Gasteiger partial charge < -0.3 is 10.6 Å². The van der Waals surface area contributed by atoms with E-state index in [1.807, 2.05) is 6.26 Å². The highest BCUT2D eigenvalue weighted by Gasteiger charge is 2.09. The minimum absolute atomic E-state index is 0.0111. The molecule has 0 bridgehead atoms. The standard InChI is InChI=1S/C12H23N5O2S2/c1-4-6-13-10-9-11(17-12(16-10)20-3)14-7-8-21(18,19)15-5-2/h9,15H,4-8H2,1-3H3,(H2,13,14,16,17). The van der Waals surface area contributed by atoms with E-state index in [2.05, 4.69) is 32.2 Å². The Morgan fingerprint density at radius 2 is 1.76 bits per heavy atom. The largest absolute Gasteiger partial charge is 0.370 e. The molecule has 0 aliphatic heterocycles. The van der Waals surface area contributed by atoms with Crippen molar-refractivity contribution >= 4 is 33.4 Å². The van der Waals surface area contributed by atoms with Gasteiger partial charge in [0.1, 0.15) is 11.6 Å². The maximum Gasteiger partial charge on any atom is 0.213 e. The number of thioether (sulfide) groups is 1. The first kappa shape index (κ1) is 18.0. The second-order valence-electron chi connectivity index (χ2n) is 4.30. The van der Waals surface area contributed by atoms with Crippen molar-refractivity contribution in [3.05, 3.63) is 6.07 Å². The molecule has 0 atom stereocenters. The summed E-state index contributed by atoms with van der Waals surface area (Å²) >= 11 is 1.44. The molecule has 0 spiro atoms. The van der Waals surface area contributed by atoms with E-state index in [0.717, 1.165) is 18.8 Å². The Hall–Kier alpha value is -1.06. The van der Waals surface area contributed by atoms with Gasteiger partial charge in [0.15, 0.2) is 5.16 Å². The van der Waals surface area contributed by atoms with Crippen molar-refractivity contribution in [2.24, 2.45) is 0 Å². The van der Waals surface area contributed by atoms with E-state index in [9.17, 15) is 8.42 Å². The Labute approximate surface area is 130 Å². The maximum atomic E-state index is 11.6. The van der Waals surface area contributed by atoms with Crippen LogP contribution in [0, 0.1) is 0 Å². The molecule has 1 aromatic rings. The van der Waals surface area contributed by atoms with Gasteiger partial charge in [-0.15, -0.1) is 0 Å². The molecule has 1 heterocycles. The molecule has 120 valence electrons. The van der Waals surface area contributed by atoms with Gasteiger partial charge in [-0.25, -0.2) is 23.1 Å². The Kier molecular flexibility index (Phi) is 7.76. The van der Waals surface area contributed by atoms with Gasteiger partial charge in [0, 0.05) is 25.7 Å². The van der Waals surface area contributed by atoms with Gasteiger partial charge in [0.05, 0.1) is 5.75 Å². The smallest absolute Gasteiger partial charge is 0.213 e. The van der Waals surface area contributed by atoms with Crippen molar-refractivity contribution in [1.29, 1.82) is 0 Å². The molecular weight excluding hydrogens is 310 g/mol. The van der Waals surface area contributed by atoms with Crippen LogP contribution < -0.4 is 15.4 Å². The first-order valence-electron chi connectivity index (χ1n) is 6.89. The quantitative estimate of drug-likeness (QED) is 0.439. The molecule has 0 radical (unpaired) electrons. The molecule has 0 aromatic carbocycles. The number of nitrogens with zero attached hydrogens (tertiary/aromatic N) is 2. The number of hydrogen-bond donors (Lipinski definition) is 3. The summed E-state index contributed by atoms with van der Waals surface area (Å²) in [5.41, 5.74) is 0. The van der Waals surface area contributed by atoms with Crippen LogP contribution in [-0.2, 0) is 10.0 Å². The summed E-state index contributed by atoms with van der Waals surface area (Å²) in [7, 11) is -3.22. The molecule has 0 fully saturated rings. The minimum atomic E-state index is -3.22. The third kappa shape index (κ3) is 6.96. The van der Waals surface area contributed by atoms with Crippen molar-refractivity contribution < 1.29 is 8.42 Å². The SMILES string of the molecule is CCCNc1cc(NCCS(=O)(=O)NCC)nc(SC)n1. The monoisotopic (exact) mass is 333 g/mol. The zero-order valence-electron chi connectivity index (χ0n) is 12.6. The molecule has 0 saturated heterocycles. The normalized spacial score (nSPS) is 11.4. The fourth-order valence-electron chi connectivity index (χ4n) is 1.56. The second kappa shape index (κ2) is 9.06. The highest BCUT2D eigenvalue weighted by Crippen LogP contribution is 2.17. The van der Waals surface area contributed by atoms with Gasteiger partial charge in [-0.3, -0.25) is 0 Å². The van der Waals surface area contributed by atoms with Gasteiger partial charge in [0.2, 0.25) is 10.0 Å². The topological polar surface area (TPSA) is 96.0 Å².